The molecule has 1 aromatic heterocycles. The molecule has 3 rings (SSSR count). The van der Waals surface area contributed by atoms with Crippen molar-refractivity contribution in [3.05, 3.63) is 75.1 Å². The predicted molar refractivity (Wildman–Crippen MR) is 139 cm³/mol. The Bertz CT molecular complexity index is 1360. The van der Waals surface area contributed by atoms with Crippen molar-refractivity contribution in [2.75, 3.05) is 7.11 Å². The fourth-order valence-electron chi connectivity index (χ4n) is 4.25. The second-order valence-electron chi connectivity index (χ2n) is 9.24. The first-order valence-corrected chi connectivity index (χ1v) is 12.0. The number of carboxylic acids is 1. The summed E-state index contributed by atoms with van der Waals surface area (Å²) in [7, 11) is 1.54. The highest BCUT2D eigenvalue weighted by Gasteiger charge is 2.29. The van der Waals surface area contributed by atoms with Crippen molar-refractivity contribution >= 4 is 28.8 Å². The first-order chi connectivity index (χ1) is 17.5. The average molecular weight is 509 g/mol. The number of nitrogens with one attached hydrogen (secondary N) is 2. The van der Waals surface area contributed by atoms with E-state index in [-0.39, 0.29) is 18.8 Å². The number of carbonyl (C=O) groups is 3. The summed E-state index contributed by atoms with van der Waals surface area (Å²) in [6.45, 7) is 6.98. The molecule has 3 aromatic rings. The zero-order valence-corrected chi connectivity index (χ0v) is 21.6. The van der Waals surface area contributed by atoms with E-state index in [0.29, 0.717) is 33.6 Å². The molecule has 2 aromatic carbocycles. The van der Waals surface area contributed by atoms with Crippen LogP contribution in [0.25, 0.3) is 11.0 Å². The summed E-state index contributed by atoms with van der Waals surface area (Å²) < 4.78 is 10.9. The van der Waals surface area contributed by atoms with E-state index in [4.69, 9.17) is 9.15 Å². The molecule has 0 unspecified atom stereocenters. The van der Waals surface area contributed by atoms with Crippen LogP contribution < -0.4 is 21.0 Å². The highest BCUT2D eigenvalue weighted by molar-refractivity contribution is 5.91. The highest BCUT2D eigenvalue weighted by atomic mass is 16.5. The zero-order valence-electron chi connectivity index (χ0n) is 21.6. The van der Waals surface area contributed by atoms with Crippen LogP contribution in [-0.4, -0.2) is 36.0 Å². The smallest absolute Gasteiger partial charge is 0.339 e. The molecule has 9 nitrogen and oxygen atoms in total. The highest BCUT2D eigenvalue weighted by Crippen LogP contribution is 2.29. The summed E-state index contributed by atoms with van der Waals surface area (Å²) >= 11 is 0. The average Bonchev–Trinajstić information content (AvgIpc) is 2.86. The second kappa shape index (κ2) is 11.7. The van der Waals surface area contributed by atoms with Crippen LogP contribution in [-0.2, 0) is 20.8 Å². The molecule has 0 aliphatic rings. The third-order valence-electron chi connectivity index (χ3n) is 6.41. The molecule has 0 spiro atoms. The van der Waals surface area contributed by atoms with Crippen molar-refractivity contribution in [2.24, 2.45) is 5.92 Å². The number of methoxy groups -OCH3 is 1. The number of ether oxygens (including phenoxy) is 1. The Kier molecular flexibility index (Phi) is 8.70. The van der Waals surface area contributed by atoms with Gasteiger partial charge in [0.05, 0.1) is 7.11 Å². The Morgan fingerprint density at radius 3 is 2.27 bits per heavy atom. The molecule has 0 saturated carbocycles. The summed E-state index contributed by atoms with van der Waals surface area (Å²) in [5.41, 5.74) is 2.21. The lowest BCUT2D eigenvalue weighted by atomic mass is 9.99. The molecule has 0 radical (unpaired) electrons. The van der Waals surface area contributed by atoms with Crippen molar-refractivity contribution in [3.63, 3.8) is 0 Å². The molecule has 0 fully saturated rings. The van der Waals surface area contributed by atoms with E-state index in [1.807, 2.05) is 6.07 Å². The standard InChI is InChI=1S/C28H32N2O7/c1-15(2)23(27(33)34)30-26(32)24(18-9-7-6-8-10-18)29-22(31)14-12-20-16(3)19-11-13-21(36-5)17(4)25(19)37-28(20)35/h6-11,13,15,23-24H,12,14H2,1-5H3,(H,29,31)(H,30,32)(H,33,34)/t23-,24+/m0/s1. The summed E-state index contributed by atoms with van der Waals surface area (Å²) in [5.74, 6) is -2.01. The number of hydrogen-bond donors (Lipinski definition) is 3. The minimum atomic E-state index is -1.16. The van der Waals surface area contributed by atoms with Gasteiger partial charge < -0.3 is 24.9 Å². The number of carboxylic acid groups (broad SMARTS) is 1. The van der Waals surface area contributed by atoms with Crippen LogP contribution in [0.2, 0.25) is 0 Å². The lowest BCUT2D eigenvalue weighted by molar-refractivity contribution is -0.143. The zero-order chi connectivity index (χ0) is 27.3. The molecule has 37 heavy (non-hydrogen) atoms. The van der Waals surface area contributed by atoms with Gasteiger partial charge >= 0.3 is 11.6 Å². The molecule has 3 N–H and O–H groups in total. The predicted octanol–water partition coefficient (Wildman–Crippen LogP) is 3.43. The minimum Gasteiger partial charge on any atom is -0.496 e. The van der Waals surface area contributed by atoms with Gasteiger partial charge in [0, 0.05) is 22.9 Å². The number of amides is 2. The summed E-state index contributed by atoms with van der Waals surface area (Å²) in [5, 5.41) is 15.4. The van der Waals surface area contributed by atoms with Crippen molar-refractivity contribution in [2.45, 2.75) is 52.6 Å². The van der Waals surface area contributed by atoms with Gasteiger partial charge in [-0.3, -0.25) is 9.59 Å². The monoisotopic (exact) mass is 508 g/mol. The fourth-order valence-corrected chi connectivity index (χ4v) is 4.25. The number of fused-ring (bicyclic) bond motifs is 1. The fraction of sp³-hybridized carbons (Fsp3) is 0.357. The first kappa shape index (κ1) is 27.4. The summed E-state index contributed by atoms with van der Waals surface area (Å²) in [4.78, 5) is 50.3. The molecule has 1 heterocycles. The van der Waals surface area contributed by atoms with Gasteiger partial charge in [-0.1, -0.05) is 44.2 Å². The SMILES string of the molecule is COc1ccc2c(C)c(CCC(=O)N[C@@H](C(=O)N[C@H](C(=O)O)C(C)C)c3ccccc3)c(=O)oc2c1C. The maximum absolute atomic E-state index is 13.0. The van der Waals surface area contributed by atoms with Crippen LogP contribution in [0.5, 0.6) is 5.75 Å². The lowest BCUT2D eigenvalue weighted by Gasteiger charge is -2.23. The number of rotatable bonds is 10. The largest absolute Gasteiger partial charge is 0.496 e. The van der Waals surface area contributed by atoms with Crippen LogP contribution in [0.3, 0.4) is 0 Å². The third-order valence-corrected chi connectivity index (χ3v) is 6.41. The molecule has 2 amide bonds. The molecule has 9 heteroatoms. The summed E-state index contributed by atoms with van der Waals surface area (Å²) in [6.07, 6.45) is 0.0310. The molecule has 0 saturated heterocycles. The Hall–Kier alpha value is -4.14. The van der Waals surface area contributed by atoms with Gasteiger partial charge in [0.15, 0.2) is 0 Å². The van der Waals surface area contributed by atoms with E-state index in [9.17, 15) is 24.3 Å². The maximum atomic E-state index is 13.0. The first-order valence-electron chi connectivity index (χ1n) is 12.0. The van der Waals surface area contributed by atoms with Gasteiger partial charge in [0.25, 0.3) is 0 Å². The van der Waals surface area contributed by atoms with Crippen LogP contribution in [0.1, 0.15) is 48.6 Å². The molecule has 196 valence electrons. The molecule has 0 aliphatic heterocycles. The Morgan fingerprint density at radius 2 is 1.68 bits per heavy atom. The van der Waals surface area contributed by atoms with Gasteiger partial charge in [-0.2, -0.15) is 0 Å². The Morgan fingerprint density at radius 1 is 1.00 bits per heavy atom. The Labute approximate surface area is 214 Å². The Balaban J connectivity index is 1.81. The third kappa shape index (κ3) is 6.17. The topological polar surface area (TPSA) is 135 Å². The van der Waals surface area contributed by atoms with Crippen molar-refractivity contribution in [1.82, 2.24) is 10.6 Å². The molecule has 2 atom stereocenters. The number of aliphatic carboxylic acids is 1. The quantitative estimate of drug-likeness (QED) is 0.357. The number of carbonyl (C=O) groups excluding carboxylic acids is 2. The van der Waals surface area contributed by atoms with Gasteiger partial charge in [-0.15, -0.1) is 0 Å². The van der Waals surface area contributed by atoms with E-state index >= 15 is 0 Å². The molecular formula is C28H32N2O7. The lowest BCUT2D eigenvalue weighted by Crippen LogP contribution is -2.49. The van der Waals surface area contributed by atoms with E-state index in [2.05, 4.69) is 10.6 Å². The molecule has 0 aliphatic carbocycles. The van der Waals surface area contributed by atoms with E-state index in [1.54, 1.807) is 71.2 Å². The number of benzene rings is 2. The van der Waals surface area contributed by atoms with Crippen LogP contribution in [0.4, 0.5) is 0 Å². The normalized spacial score (nSPS) is 12.7. The van der Waals surface area contributed by atoms with Crippen molar-refractivity contribution < 1.29 is 28.6 Å². The van der Waals surface area contributed by atoms with Crippen molar-refractivity contribution in [3.8, 4) is 5.75 Å². The van der Waals surface area contributed by atoms with E-state index in [0.717, 1.165) is 5.39 Å². The maximum Gasteiger partial charge on any atom is 0.339 e. The van der Waals surface area contributed by atoms with Gasteiger partial charge in [0.1, 0.15) is 23.4 Å². The van der Waals surface area contributed by atoms with Gasteiger partial charge in [0.2, 0.25) is 11.8 Å². The molecule has 0 bridgehead atoms. The number of aryl methyl sites for hydroxylation is 2. The number of hydrogen-bond acceptors (Lipinski definition) is 6. The summed E-state index contributed by atoms with van der Waals surface area (Å²) in [6, 6.07) is 9.97. The van der Waals surface area contributed by atoms with Crippen LogP contribution >= 0.6 is 0 Å². The second-order valence-corrected chi connectivity index (χ2v) is 9.24. The van der Waals surface area contributed by atoms with E-state index < -0.39 is 35.5 Å². The van der Waals surface area contributed by atoms with Crippen LogP contribution in [0, 0.1) is 19.8 Å². The van der Waals surface area contributed by atoms with E-state index in [1.165, 1.54) is 0 Å². The minimum absolute atomic E-state index is 0.0740. The van der Waals surface area contributed by atoms with Crippen molar-refractivity contribution in [1.29, 1.82) is 0 Å². The van der Waals surface area contributed by atoms with Gasteiger partial charge in [-0.25, -0.2) is 9.59 Å². The van der Waals surface area contributed by atoms with Gasteiger partial charge in [-0.05, 0) is 49.4 Å². The van der Waals surface area contributed by atoms with Crippen LogP contribution in [0.15, 0.2) is 51.7 Å². The molecular weight excluding hydrogens is 476 g/mol.